The van der Waals surface area contributed by atoms with Crippen molar-refractivity contribution in [3.8, 4) is 0 Å². The van der Waals surface area contributed by atoms with Crippen molar-refractivity contribution in [2.75, 3.05) is 0 Å². The monoisotopic (exact) mass is 278 g/mol. The number of benzene rings is 1. The van der Waals surface area contributed by atoms with Crippen LogP contribution in [0.15, 0.2) is 18.2 Å². The van der Waals surface area contributed by atoms with Gasteiger partial charge in [0, 0.05) is 24.6 Å². The Labute approximate surface area is 119 Å². The van der Waals surface area contributed by atoms with Crippen molar-refractivity contribution in [3.05, 3.63) is 35.1 Å². The number of amides is 1. The SMILES string of the molecule is CC1CCCC(C(=O)NCc2ccc(CN)cc2F)C1. The minimum atomic E-state index is -0.301. The van der Waals surface area contributed by atoms with Crippen LogP contribution in [0.5, 0.6) is 0 Å². The van der Waals surface area contributed by atoms with Crippen LogP contribution in [0.4, 0.5) is 4.39 Å². The zero-order chi connectivity index (χ0) is 14.5. The molecule has 0 aromatic heterocycles. The average molecular weight is 278 g/mol. The van der Waals surface area contributed by atoms with E-state index in [0.717, 1.165) is 24.8 Å². The van der Waals surface area contributed by atoms with Crippen molar-refractivity contribution in [1.29, 1.82) is 0 Å². The van der Waals surface area contributed by atoms with Gasteiger partial charge in [0.25, 0.3) is 0 Å². The van der Waals surface area contributed by atoms with E-state index < -0.39 is 0 Å². The first-order valence-corrected chi connectivity index (χ1v) is 7.35. The van der Waals surface area contributed by atoms with Gasteiger partial charge >= 0.3 is 0 Å². The second-order valence-corrected chi connectivity index (χ2v) is 5.82. The molecular weight excluding hydrogens is 255 g/mol. The Hall–Kier alpha value is -1.42. The highest BCUT2D eigenvalue weighted by molar-refractivity contribution is 5.78. The van der Waals surface area contributed by atoms with Gasteiger partial charge in [-0.15, -0.1) is 0 Å². The Bertz CT molecular complexity index is 476. The quantitative estimate of drug-likeness (QED) is 0.889. The molecule has 0 saturated heterocycles. The first kappa shape index (κ1) is 15.0. The second kappa shape index (κ2) is 6.84. The number of carbonyl (C=O) groups excluding carboxylic acids is 1. The number of nitrogens with two attached hydrogens (primary N) is 1. The summed E-state index contributed by atoms with van der Waals surface area (Å²) in [5.41, 5.74) is 6.74. The average Bonchev–Trinajstić information content (AvgIpc) is 2.45. The van der Waals surface area contributed by atoms with Crippen LogP contribution in [0.2, 0.25) is 0 Å². The van der Waals surface area contributed by atoms with Gasteiger partial charge < -0.3 is 11.1 Å². The molecule has 1 amide bonds. The minimum Gasteiger partial charge on any atom is -0.352 e. The van der Waals surface area contributed by atoms with Crippen LogP contribution >= 0.6 is 0 Å². The van der Waals surface area contributed by atoms with Crippen LogP contribution in [0.25, 0.3) is 0 Å². The molecule has 0 aliphatic heterocycles. The standard InChI is InChI=1S/C16H23FN2O/c1-11-3-2-4-13(7-11)16(20)19-10-14-6-5-12(9-18)8-15(14)17/h5-6,8,11,13H,2-4,7,9-10,18H2,1H3,(H,19,20). The maximum Gasteiger partial charge on any atom is 0.223 e. The molecule has 1 saturated carbocycles. The Kier molecular flexibility index (Phi) is 5.12. The highest BCUT2D eigenvalue weighted by atomic mass is 19.1. The van der Waals surface area contributed by atoms with E-state index in [1.165, 1.54) is 12.5 Å². The van der Waals surface area contributed by atoms with E-state index in [4.69, 9.17) is 5.73 Å². The lowest BCUT2D eigenvalue weighted by atomic mass is 9.82. The molecule has 1 aromatic rings. The Morgan fingerprint density at radius 1 is 1.45 bits per heavy atom. The predicted molar refractivity (Wildman–Crippen MR) is 77.3 cm³/mol. The smallest absolute Gasteiger partial charge is 0.223 e. The molecule has 0 heterocycles. The fourth-order valence-electron chi connectivity index (χ4n) is 2.86. The van der Waals surface area contributed by atoms with E-state index in [0.29, 0.717) is 18.0 Å². The summed E-state index contributed by atoms with van der Waals surface area (Å²) in [7, 11) is 0. The van der Waals surface area contributed by atoms with E-state index in [1.807, 2.05) is 0 Å². The molecule has 0 bridgehead atoms. The van der Waals surface area contributed by atoms with Crippen LogP contribution in [0.1, 0.15) is 43.7 Å². The van der Waals surface area contributed by atoms with Crippen molar-refractivity contribution >= 4 is 5.91 Å². The zero-order valence-electron chi connectivity index (χ0n) is 12.0. The van der Waals surface area contributed by atoms with Crippen LogP contribution in [-0.2, 0) is 17.9 Å². The predicted octanol–water partition coefficient (Wildman–Crippen LogP) is 2.73. The molecule has 4 heteroatoms. The van der Waals surface area contributed by atoms with E-state index in [9.17, 15) is 9.18 Å². The number of nitrogens with one attached hydrogen (secondary N) is 1. The van der Waals surface area contributed by atoms with E-state index in [1.54, 1.807) is 12.1 Å². The molecule has 3 nitrogen and oxygen atoms in total. The first-order chi connectivity index (χ1) is 9.60. The number of rotatable bonds is 4. The normalized spacial score (nSPS) is 22.6. The molecule has 1 aromatic carbocycles. The number of carbonyl (C=O) groups is 1. The molecule has 1 aliphatic carbocycles. The Morgan fingerprint density at radius 3 is 2.90 bits per heavy atom. The number of hydrogen-bond donors (Lipinski definition) is 2. The third kappa shape index (κ3) is 3.79. The van der Waals surface area contributed by atoms with Gasteiger partial charge in [0.15, 0.2) is 0 Å². The van der Waals surface area contributed by atoms with Gasteiger partial charge in [0.2, 0.25) is 5.91 Å². The molecule has 0 radical (unpaired) electrons. The molecule has 2 unspecified atom stereocenters. The van der Waals surface area contributed by atoms with Crippen molar-refractivity contribution < 1.29 is 9.18 Å². The van der Waals surface area contributed by atoms with Gasteiger partial charge in [-0.05, 0) is 30.4 Å². The molecule has 110 valence electrons. The molecule has 0 spiro atoms. The summed E-state index contributed by atoms with van der Waals surface area (Å²) < 4.78 is 13.8. The molecule has 1 fully saturated rings. The highest BCUT2D eigenvalue weighted by Crippen LogP contribution is 2.28. The third-order valence-electron chi connectivity index (χ3n) is 4.11. The summed E-state index contributed by atoms with van der Waals surface area (Å²) in [6.45, 7) is 2.76. The second-order valence-electron chi connectivity index (χ2n) is 5.82. The third-order valence-corrected chi connectivity index (χ3v) is 4.11. The van der Waals surface area contributed by atoms with Gasteiger partial charge in [-0.3, -0.25) is 4.79 Å². The molecule has 3 N–H and O–H groups in total. The van der Waals surface area contributed by atoms with Gasteiger partial charge in [0.05, 0.1) is 0 Å². The van der Waals surface area contributed by atoms with Crippen molar-refractivity contribution in [1.82, 2.24) is 5.32 Å². The van der Waals surface area contributed by atoms with Crippen LogP contribution in [0.3, 0.4) is 0 Å². The van der Waals surface area contributed by atoms with Crippen LogP contribution < -0.4 is 11.1 Å². The van der Waals surface area contributed by atoms with Crippen LogP contribution in [-0.4, -0.2) is 5.91 Å². The lowest BCUT2D eigenvalue weighted by Gasteiger charge is -2.25. The van der Waals surface area contributed by atoms with Crippen molar-refractivity contribution in [2.24, 2.45) is 17.6 Å². The summed E-state index contributed by atoms with van der Waals surface area (Å²) in [5.74, 6) is 0.453. The molecular formula is C16H23FN2O. The Morgan fingerprint density at radius 2 is 2.25 bits per heavy atom. The highest BCUT2D eigenvalue weighted by Gasteiger charge is 2.24. The minimum absolute atomic E-state index is 0.0545. The zero-order valence-corrected chi connectivity index (χ0v) is 12.0. The van der Waals surface area contributed by atoms with E-state index >= 15 is 0 Å². The lowest BCUT2D eigenvalue weighted by Crippen LogP contribution is -2.33. The van der Waals surface area contributed by atoms with E-state index in [2.05, 4.69) is 12.2 Å². The molecule has 1 aliphatic rings. The molecule has 20 heavy (non-hydrogen) atoms. The summed E-state index contributed by atoms with van der Waals surface area (Å²) in [6.07, 6.45) is 4.21. The fraction of sp³-hybridized carbons (Fsp3) is 0.562. The number of halogens is 1. The van der Waals surface area contributed by atoms with Crippen molar-refractivity contribution in [2.45, 2.75) is 45.7 Å². The lowest BCUT2D eigenvalue weighted by molar-refractivity contribution is -0.126. The summed E-state index contributed by atoms with van der Waals surface area (Å²) in [5, 5.41) is 2.86. The summed E-state index contributed by atoms with van der Waals surface area (Å²) in [6, 6.07) is 4.93. The van der Waals surface area contributed by atoms with Gasteiger partial charge in [-0.1, -0.05) is 31.9 Å². The van der Waals surface area contributed by atoms with Crippen LogP contribution in [0, 0.1) is 17.7 Å². The van der Waals surface area contributed by atoms with Gasteiger partial charge in [0.1, 0.15) is 5.82 Å². The summed E-state index contributed by atoms with van der Waals surface area (Å²) in [4.78, 5) is 12.1. The molecule has 2 rings (SSSR count). The van der Waals surface area contributed by atoms with Crippen molar-refractivity contribution in [3.63, 3.8) is 0 Å². The van der Waals surface area contributed by atoms with Gasteiger partial charge in [-0.25, -0.2) is 4.39 Å². The fourth-order valence-corrected chi connectivity index (χ4v) is 2.86. The Balaban J connectivity index is 1.89. The number of hydrogen-bond acceptors (Lipinski definition) is 2. The molecule has 2 atom stereocenters. The van der Waals surface area contributed by atoms with Gasteiger partial charge in [-0.2, -0.15) is 0 Å². The van der Waals surface area contributed by atoms with E-state index in [-0.39, 0.29) is 24.2 Å². The maximum atomic E-state index is 13.8. The summed E-state index contributed by atoms with van der Waals surface area (Å²) >= 11 is 0. The largest absolute Gasteiger partial charge is 0.352 e. The maximum absolute atomic E-state index is 13.8. The topological polar surface area (TPSA) is 55.1 Å². The first-order valence-electron chi connectivity index (χ1n) is 7.35.